The third-order valence-electron chi connectivity index (χ3n) is 6.56. The van der Waals surface area contributed by atoms with E-state index in [1.54, 1.807) is 0 Å². The van der Waals surface area contributed by atoms with E-state index in [0.29, 0.717) is 0 Å². The molecule has 5 aromatic carbocycles. The maximum absolute atomic E-state index is 2.33. The lowest BCUT2D eigenvalue weighted by molar-refractivity contribution is 1.79. The second kappa shape index (κ2) is 5.81. The average Bonchev–Trinajstić information content (AvgIpc) is 2.99. The van der Waals surface area contributed by atoms with Gasteiger partial charge in [0, 0.05) is 0 Å². The van der Waals surface area contributed by atoms with Crippen LogP contribution < -0.4 is 0 Å². The van der Waals surface area contributed by atoms with Gasteiger partial charge in [-0.25, -0.2) is 0 Å². The van der Waals surface area contributed by atoms with Crippen LogP contribution in [0.2, 0.25) is 0 Å². The minimum atomic E-state index is 1.29. The van der Waals surface area contributed by atoms with E-state index >= 15 is 0 Å². The molecule has 138 valence electrons. The van der Waals surface area contributed by atoms with Crippen LogP contribution >= 0.6 is 0 Å². The lowest BCUT2D eigenvalue weighted by Crippen LogP contribution is -1.84. The van der Waals surface area contributed by atoms with Crippen molar-refractivity contribution in [3.05, 3.63) is 109 Å². The van der Waals surface area contributed by atoms with Gasteiger partial charge in [-0.05, 0) is 71.1 Å². The third-order valence-corrected chi connectivity index (χ3v) is 6.56. The van der Waals surface area contributed by atoms with Crippen molar-refractivity contribution in [3.8, 4) is 11.1 Å². The molecule has 0 heterocycles. The van der Waals surface area contributed by atoms with Crippen molar-refractivity contribution in [2.24, 2.45) is 0 Å². The topological polar surface area (TPSA) is 0 Å². The summed E-state index contributed by atoms with van der Waals surface area (Å²) >= 11 is 0. The second-order valence-corrected chi connectivity index (χ2v) is 8.17. The van der Waals surface area contributed by atoms with Gasteiger partial charge < -0.3 is 0 Å². The largest absolute Gasteiger partial charge is 0.0622 e. The van der Waals surface area contributed by atoms with Crippen molar-refractivity contribution >= 4 is 53.9 Å². The second-order valence-electron chi connectivity index (χ2n) is 8.17. The van der Waals surface area contributed by atoms with Crippen molar-refractivity contribution in [2.75, 3.05) is 0 Å². The van der Waals surface area contributed by atoms with E-state index in [1.165, 1.54) is 65.0 Å². The van der Waals surface area contributed by atoms with Gasteiger partial charge in [-0.1, -0.05) is 103 Å². The van der Waals surface area contributed by atoms with Crippen molar-refractivity contribution < 1.29 is 0 Å². The molecule has 5 aromatic rings. The van der Waals surface area contributed by atoms with Crippen LogP contribution in [-0.4, -0.2) is 0 Å². The van der Waals surface area contributed by atoms with Gasteiger partial charge in [0.1, 0.15) is 0 Å². The van der Waals surface area contributed by atoms with Crippen LogP contribution in [0.3, 0.4) is 0 Å². The van der Waals surface area contributed by atoms with E-state index in [9.17, 15) is 0 Å². The Morgan fingerprint density at radius 3 is 1.70 bits per heavy atom. The van der Waals surface area contributed by atoms with Gasteiger partial charge in [-0.3, -0.25) is 0 Å². The Kier molecular flexibility index (Phi) is 3.09. The summed E-state index contributed by atoms with van der Waals surface area (Å²) < 4.78 is 0. The molecule has 0 saturated heterocycles. The maximum Gasteiger partial charge on any atom is -0.00141 e. The molecule has 0 fully saturated rings. The summed E-state index contributed by atoms with van der Waals surface area (Å²) in [6.45, 7) is 0. The molecule has 0 aliphatic heterocycles. The van der Waals surface area contributed by atoms with Crippen LogP contribution in [0.5, 0.6) is 0 Å². The molecule has 2 aliphatic rings. The van der Waals surface area contributed by atoms with Gasteiger partial charge in [0.25, 0.3) is 0 Å². The molecule has 0 N–H and O–H groups in total. The maximum atomic E-state index is 2.33. The fraction of sp³-hybridized carbons (Fsp3) is 0. The van der Waals surface area contributed by atoms with Crippen molar-refractivity contribution in [2.45, 2.75) is 0 Å². The molecule has 0 bridgehead atoms. The number of benzene rings is 5. The molecule has 30 heavy (non-hydrogen) atoms. The summed E-state index contributed by atoms with van der Waals surface area (Å²) in [4.78, 5) is 0. The predicted molar refractivity (Wildman–Crippen MR) is 131 cm³/mol. The minimum absolute atomic E-state index is 1.29. The monoisotopic (exact) mass is 378 g/mol. The first kappa shape index (κ1) is 16.0. The fourth-order valence-electron chi connectivity index (χ4n) is 5.24. The molecule has 0 heteroatoms. The first-order valence-corrected chi connectivity index (χ1v) is 10.5. The summed E-state index contributed by atoms with van der Waals surface area (Å²) in [5, 5.41) is 13.3. The van der Waals surface area contributed by atoms with Crippen LogP contribution in [0.15, 0.2) is 109 Å². The van der Waals surface area contributed by atoms with E-state index in [-0.39, 0.29) is 0 Å². The highest BCUT2D eigenvalue weighted by Gasteiger charge is 2.15. The zero-order valence-electron chi connectivity index (χ0n) is 16.4. The molecule has 2 aliphatic carbocycles. The van der Waals surface area contributed by atoms with Crippen LogP contribution in [0.1, 0.15) is 0 Å². The quantitative estimate of drug-likeness (QED) is 0.232. The molecule has 0 saturated carbocycles. The van der Waals surface area contributed by atoms with Crippen molar-refractivity contribution in [1.29, 1.82) is 0 Å². The highest BCUT2D eigenvalue weighted by Crippen LogP contribution is 2.43. The first-order chi connectivity index (χ1) is 14.9. The van der Waals surface area contributed by atoms with E-state index in [2.05, 4.69) is 109 Å². The lowest BCUT2D eigenvalue weighted by atomic mass is 9.91. The van der Waals surface area contributed by atoms with Gasteiger partial charge in [0.15, 0.2) is 0 Å². The summed E-state index contributed by atoms with van der Waals surface area (Å²) in [6.07, 6.45) is 0. The Labute approximate surface area is 174 Å². The van der Waals surface area contributed by atoms with Gasteiger partial charge >= 0.3 is 0 Å². The Balaban J connectivity index is 1.85. The van der Waals surface area contributed by atoms with Crippen LogP contribution in [-0.2, 0) is 0 Å². The van der Waals surface area contributed by atoms with Crippen molar-refractivity contribution in [3.63, 3.8) is 0 Å². The van der Waals surface area contributed by atoms with E-state index in [0.717, 1.165) is 0 Å². The summed E-state index contributed by atoms with van der Waals surface area (Å²) in [5.74, 6) is 0. The summed E-state index contributed by atoms with van der Waals surface area (Å²) in [6, 6.07) is 40.1. The standard InChI is InChI=1S/C30H18/c1-2-7-23-18-24-17-16-22-15-14-21-13-12-20-11-10-19-6-4-5-9-25(19)27(20)29(21)30(22)28(24)26(23)8-3-1/h1-18H. The number of rotatable bonds is 0. The van der Waals surface area contributed by atoms with E-state index in [4.69, 9.17) is 0 Å². The molecule has 0 aromatic heterocycles. The zero-order valence-corrected chi connectivity index (χ0v) is 16.4. The Morgan fingerprint density at radius 2 is 0.900 bits per heavy atom. The highest BCUT2D eigenvalue weighted by atomic mass is 14.2. The number of hydrogen-bond acceptors (Lipinski definition) is 0. The predicted octanol–water partition coefficient (Wildman–Crippen LogP) is 8.56. The first-order valence-electron chi connectivity index (χ1n) is 10.5. The molecular formula is C30H18. The normalized spacial score (nSPS) is 12.0. The zero-order chi connectivity index (χ0) is 19.7. The van der Waals surface area contributed by atoms with Gasteiger partial charge in [0.05, 0.1) is 0 Å². The van der Waals surface area contributed by atoms with Gasteiger partial charge in [-0.2, -0.15) is 0 Å². The lowest BCUT2D eigenvalue weighted by Gasteiger charge is -2.12. The van der Waals surface area contributed by atoms with Crippen LogP contribution in [0.4, 0.5) is 0 Å². The fourth-order valence-corrected chi connectivity index (χ4v) is 5.24. The SMILES string of the molecule is c1ccc2cc3ccc4ccc5ccc6ccc7ccccc7c6c5c4c3c-2cc1. The van der Waals surface area contributed by atoms with E-state index < -0.39 is 0 Å². The number of hydrogen-bond donors (Lipinski definition) is 0. The molecular weight excluding hydrogens is 360 g/mol. The minimum Gasteiger partial charge on any atom is -0.0622 e. The Hall–Kier alpha value is -3.90. The molecule has 0 atom stereocenters. The van der Waals surface area contributed by atoms with Gasteiger partial charge in [0.2, 0.25) is 0 Å². The van der Waals surface area contributed by atoms with Crippen LogP contribution in [0, 0.1) is 0 Å². The average molecular weight is 378 g/mol. The molecule has 0 radical (unpaired) electrons. The summed E-state index contributed by atoms with van der Waals surface area (Å²) in [5.41, 5.74) is 2.62. The third kappa shape index (κ3) is 2.06. The molecule has 0 amide bonds. The van der Waals surface area contributed by atoms with Crippen LogP contribution in [0.25, 0.3) is 65.0 Å². The highest BCUT2D eigenvalue weighted by molar-refractivity contribution is 6.34. The molecule has 0 nitrogen and oxygen atoms in total. The molecule has 0 unspecified atom stereocenters. The number of fused-ring (bicyclic) bond motifs is 11. The Morgan fingerprint density at radius 1 is 0.333 bits per heavy atom. The Bertz CT molecular complexity index is 1730. The smallest absolute Gasteiger partial charge is 0.00141 e. The van der Waals surface area contributed by atoms with E-state index in [1.807, 2.05) is 0 Å². The summed E-state index contributed by atoms with van der Waals surface area (Å²) in [7, 11) is 0. The molecule has 7 rings (SSSR count). The molecule has 0 spiro atoms. The van der Waals surface area contributed by atoms with Gasteiger partial charge in [-0.15, -0.1) is 0 Å². The van der Waals surface area contributed by atoms with Crippen molar-refractivity contribution in [1.82, 2.24) is 0 Å².